The van der Waals surface area contributed by atoms with Gasteiger partial charge in [0.2, 0.25) is 0 Å². The summed E-state index contributed by atoms with van der Waals surface area (Å²) in [6.07, 6.45) is 3.12. The Morgan fingerprint density at radius 1 is 1.43 bits per heavy atom. The molecule has 14 heavy (non-hydrogen) atoms. The van der Waals surface area contributed by atoms with Crippen LogP contribution < -0.4 is 5.73 Å². The summed E-state index contributed by atoms with van der Waals surface area (Å²) in [5, 5.41) is 4.68. The van der Waals surface area contributed by atoms with E-state index in [0.29, 0.717) is 17.3 Å². The minimum Gasteiger partial charge on any atom is -0.399 e. The summed E-state index contributed by atoms with van der Waals surface area (Å²) < 4.78 is 1.70. The van der Waals surface area contributed by atoms with E-state index in [9.17, 15) is 0 Å². The van der Waals surface area contributed by atoms with Crippen molar-refractivity contribution in [1.29, 1.82) is 0 Å². The molecule has 1 heterocycles. The van der Waals surface area contributed by atoms with Crippen molar-refractivity contribution in [3.05, 3.63) is 41.4 Å². The van der Waals surface area contributed by atoms with Gasteiger partial charge in [-0.05, 0) is 23.8 Å². The molecule has 72 valence electrons. The Kier molecular flexibility index (Phi) is 2.37. The molecule has 2 rings (SSSR count). The lowest BCUT2D eigenvalue weighted by Gasteiger charge is -2.04. The van der Waals surface area contributed by atoms with Crippen LogP contribution in [0.2, 0.25) is 5.02 Å². The van der Waals surface area contributed by atoms with Crippen molar-refractivity contribution in [1.82, 2.24) is 14.8 Å². The van der Waals surface area contributed by atoms with Crippen LogP contribution in [0, 0.1) is 0 Å². The normalized spacial score (nSPS) is 10.4. The zero-order valence-corrected chi connectivity index (χ0v) is 8.15. The second kappa shape index (κ2) is 3.67. The fourth-order valence-electron chi connectivity index (χ4n) is 1.20. The van der Waals surface area contributed by atoms with E-state index in [1.54, 1.807) is 23.1 Å². The summed E-state index contributed by atoms with van der Waals surface area (Å²) in [7, 11) is 0. The van der Waals surface area contributed by atoms with Crippen LogP contribution in [0.4, 0.5) is 5.69 Å². The average molecular weight is 209 g/mol. The molecule has 0 fully saturated rings. The smallest absolute Gasteiger partial charge is 0.137 e. The van der Waals surface area contributed by atoms with Gasteiger partial charge in [0.15, 0.2) is 0 Å². The van der Waals surface area contributed by atoms with Gasteiger partial charge in [-0.15, -0.1) is 0 Å². The fraction of sp³-hybridized carbons (Fsp3) is 0.111. The molecular formula is C9H9ClN4. The molecule has 1 aromatic carbocycles. The van der Waals surface area contributed by atoms with E-state index in [1.165, 1.54) is 6.33 Å². The van der Waals surface area contributed by atoms with Crippen LogP contribution in [-0.2, 0) is 6.54 Å². The van der Waals surface area contributed by atoms with E-state index in [1.807, 2.05) is 6.07 Å². The largest absolute Gasteiger partial charge is 0.399 e. The van der Waals surface area contributed by atoms with E-state index in [0.717, 1.165) is 5.56 Å². The molecule has 5 heteroatoms. The molecule has 0 aliphatic carbocycles. The van der Waals surface area contributed by atoms with Gasteiger partial charge >= 0.3 is 0 Å². The second-order valence-corrected chi connectivity index (χ2v) is 3.35. The highest BCUT2D eigenvalue weighted by atomic mass is 35.5. The molecule has 0 aliphatic rings. The van der Waals surface area contributed by atoms with Crippen molar-refractivity contribution >= 4 is 17.3 Å². The van der Waals surface area contributed by atoms with Gasteiger partial charge in [0.05, 0.1) is 6.54 Å². The molecule has 2 N–H and O–H groups in total. The summed E-state index contributed by atoms with van der Waals surface area (Å²) in [6, 6.07) is 5.39. The third kappa shape index (κ3) is 1.85. The van der Waals surface area contributed by atoms with Gasteiger partial charge in [-0.2, -0.15) is 5.10 Å². The van der Waals surface area contributed by atoms with Gasteiger partial charge in [-0.3, -0.25) is 0 Å². The van der Waals surface area contributed by atoms with E-state index in [4.69, 9.17) is 17.3 Å². The molecular weight excluding hydrogens is 200 g/mol. The molecule has 0 bridgehead atoms. The van der Waals surface area contributed by atoms with E-state index in [2.05, 4.69) is 10.1 Å². The molecule has 0 saturated heterocycles. The number of hydrogen-bond acceptors (Lipinski definition) is 3. The highest BCUT2D eigenvalue weighted by Gasteiger charge is 2.01. The van der Waals surface area contributed by atoms with Crippen molar-refractivity contribution in [2.45, 2.75) is 6.54 Å². The topological polar surface area (TPSA) is 56.7 Å². The Bertz CT molecular complexity index is 424. The predicted molar refractivity (Wildman–Crippen MR) is 55.0 cm³/mol. The molecule has 0 radical (unpaired) electrons. The van der Waals surface area contributed by atoms with Crippen LogP contribution >= 0.6 is 11.6 Å². The Hall–Kier alpha value is -1.55. The van der Waals surface area contributed by atoms with Crippen LogP contribution in [0.25, 0.3) is 0 Å². The zero-order valence-electron chi connectivity index (χ0n) is 7.39. The van der Waals surface area contributed by atoms with Crippen LogP contribution in [-0.4, -0.2) is 14.8 Å². The molecule has 0 atom stereocenters. The maximum Gasteiger partial charge on any atom is 0.137 e. The second-order valence-electron chi connectivity index (χ2n) is 2.94. The minimum atomic E-state index is 0.587. The molecule has 0 spiro atoms. The van der Waals surface area contributed by atoms with Crippen molar-refractivity contribution in [3.8, 4) is 0 Å². The Morgan fingerprint density at radius 3 is 3.00 bits per heavy atom. The number of benzene rings is 1. The van der Waals surface area contributed by atoms with Gasteiger partial charge in [0.1, 0.15) is 12.7 Å². The van der Waals surface area contributed by atoms with Gasteiger partial charge in [0.25, 0.3) is 0 Å². The zero-order chi connectivity index (χ0) is 9.97. The molecule has 2 aromatic rings. The first-order valence-corrected chi connectivity index (χ1v) is 4.50. The van der Waals surface area contributed by atoms with E-state index >= 15 is 0 Å². The van der Waals surface area contributed by atoms with Crippen molar-refractivity contribution in [2.75, 3.05) is 5.73 Å². The maximum atomic E-state index is 6.00. The first kappa shape index (κ1) is 9.02. The SMILES string of the molecule is Nc1ccc(Cl)c(Cn2cncn2)c1. The summed E-state index contributed by atoms with van der Waals surface area (Å²) >= 11 is 6.00. The van der Waals surface area contributed by atoms with Crippen LogP contribution in [0.1, 0.15) is 5.56 Å². The number of rotatable bonds is 2. The first-order chi connectivity index (χ1) is 6.75. The molecule has 0 saturated carbocycles. The van der Waals surface area contributed by atoms with Gasteiger partial charge in [-0.25, -0.2) is 9.67 Å². The highest BCUT2D eigenvalue weighted by molar-refractivity contribution is 6.31. The fourth-order valence-corrected chi connectivity index (χ4v) is 1.38. The summed E-state index contributed by atoms with van der Waals surface area (Å²) in [6.45, 7) is 0.587. The maximum absolute atomic E-state index is 6.00. The lowest BCUT2D eigenvalue weighted by molar-refractivity contribution is 0.685. The van der Waals surface area contributed by atoms with Crippen LogP contribution in [0.15, 0.2) is 30.9 Å². The Labute approximate surface area is 86.3 Å². The highest BCUT2D eigenvalue weighted by Crippen LogP contribution is 2.19. The number of nitrogen functional groups attached to an aromatic ring is 1. The van der Waals surface area contributed by atoms with Crippen molar-refractivity contribution in [2.24, 2.45) is 0 Å². The number of nitrogens with zero attached hydrogens (tertiary/aromatic N) is 3. The standard InChI is InChI=1S/C9H9ClN4/c10-9-2-1-8(11)3-7(9)4-14-6-12-5-13-14/h1-3,5-6H,4,11H2. The number of nitrogens with two attached hydrogens (primary N) is 1. The first-order valence-electron chi connectivity index (χ1n) is 4.12. The number of hydrogen-bond donors (Lipinski definition) is 1. The Morgan fingerprint density at radius 2 is 2.29 bits per heavy atom. The van der Waals surface area contributed by atoms with Gasteiger partial charge < -0.3 is 5.73 Å². The molecule has 0 aliphatic heterocycles. The van der Waals surface area contributed by atoms with Crippen molar-refractivity contribution in [3.63, 3.8) is 0 Å². The Balaban J connectivity index is 2.28. The summed E-state index contributed by atoms with van der Waals surface area (Å²) in [4.78, 5) is 3.85. The van der Waals surface area contributed by atoms with Gasteiger partial charge in [0, 0.05) is 10.7 Å². The lowest BCUT2D eigenvalue weighted by atomic mass is 10.2. The third-order valence-electron chi connectivity index (χ3n) is 1.87. The van der Waals surface area contributed by atoms with E-state index in [-0.39, 0.29) is 0 Å². The number of halogens is 1. The van der Waals surface area contributed by atoms with Crippen molar-refractivity contribution < 1.29 is 0 Å². The molecule has 0 amide bonds. The van der Waals surface area contributed by atoms with Crippen LogP contribution in [0.3, 0.4) is 0 Å². The average Bonchev–Trinajstić information content (AvgIpc) is 2.64. The summed E-state index contributed by atoms with van der Waals surface area (Å²) in [5.41, 5.74) is 7.29. The molecule has 1 aromatic heterocycles. The third-order valence-corrected chi connectivity index (χ3v) is 2.24. The quantitative estimate of drug-likeness (QED) is 0.763. The predicted octanol–water partition coefficient (Wildman–Crippen LogP) is 1.56. The number of aromatic nitrogens is 3. The minimum absolute atomic E-state index is 0.587. The monoisotopic (exact) mass is 208 g/mol. The molecule has 0 unspecified atom stereocenters. The lowest BCUT2D eigenvalue weighted by Crippen LogP contribution is -2.01. The van der Waals surface area contributed by atoms with Gasteiger partial charge in [-0.1, -0.05) is 11.6 Å². The van der Waals surface area contributed by atoms with E-state index < -0.39 is 0 Å². The van der Waals surface area contributed by atoms with Crippen LogP contribution in [0.5, 0.6) is 0 Å². The summed E-state index contributed by atoms with van der Waals surface area (Å²) in [5.74, 6) is 0. The molecule has 4 nitrogen and oxygen atoms in total. The number of anilines is 1.